The monoisotopic (exact) mass is 563 g/mol. The van der Waals surface area contributed by atoms with Gasteiger partial charge in [0.2, 0.25) is 5.91 Å². The highest BCUT2D eigenvalue weighted by molar-refractivity contribution is 7.80. The quantitative estimate of drug-likeness (QED) is 0.127. The predicted molar refractivity (Wildman–Crippen MR) is 160 cm³/mol. The molecule has 9 nitrogen and oxygen atoms in total. The van der Waals surface area contributed by atoms with Crippen LogP contribution >= 0.6 is 12.2 Å². The Kier molecular flexibility index (Phi) is 7.13. The second kappa shape index (κ2) is 11.2. The minimum Gasteiger partial charge on any atom is -0.459 e. The molecule has 0 saturated carbocycles. The minimum atomic E-state index is -0.436. The zero-order valence-electron chi connectivity index (χ0n) is 21.8. The summed E-state index contributed by atoms with van der Waals surface area (Å²) in [5.74, 6) is 0.958. The van der Waals surface area contributed by atoms with Gasteiger partial charge in [0.15, 0.2) is 5.11 Å². The summed E-state index contributed by atoms with van der Waals surface area (Å²) in [4.78, 5) is 30.4. The Morgan fingerprint density at radius 2 is 1.83 bits per heavy atom. The molecule has 5 aromatic rings. The number of carbonyl (C=O) groups is 1. The molecule has 3 aromatic carbocycles. The number of pyridine rings is 1. The van der Waals surface area contributed by atoms with Crippen LogP contribution in [0.2, 0.25) is 0 Å². The summed E-state index contributed by atoms with van der Waals surface area (Å²) in [6.45, 7) is 0.337. The number of nitro benzene ring substituents is 1. The number of nitrogens with one attached hydrogen (secondary N) is 2. The Morgan fingerprint density at radius 1 is 1.02 bits per heavy atom. The van der Waals surface area contributed by atoms with E-state index in [-0.39, 0.29) is 24.1 Å². The van der Waals surface area contributed by atoms with E-state index in [1.165, 1.54) is 12.1 Å². The van der Waals surface area contributed by atoms with Crippen molar-refractivity contribution < 1.29 is 14.1 Å². The fraction of sp³-hybridized carbons (Fsp3) is 0.129. The van der Waals surface area contributed by atoms with E-state index >= 15 is 0 Å². The number of hydrogen-bond donors (Lipinski definition) is 2. The first kappa shape index (κ1) is 26.1. The smallest absolute Gasteiger partial charge is 0.270 e. The number of nitrogens with zero attached hydrogens (tertiary/aromatic N) is 3. The largest absolute Gasteiger partial charge is 0.459 e. The van der Waals surface area contributed by atoms with Crippen molar-refractivity contribution in [3.63, 3.8) is 0 Å². The maximum absolute atomic E-state index is 13.1. The lowest BCUT2D eigenvalue weighted by Gasteiger charge is -2.26. The molecule has 2 atom stereocenters. The van der Waals surface area contributed by atoms with E-state index in [2.05, 4.69) is 15.6 Å². The van der Waals surface area contributed by atoms with Gasteiger partial charge in [-0.05, 0) is 47.9 Å². The number of amides is 1. The summed E-state index contributed by atoms with van der Waals surface area (Å²) in [5.41, 5.74) is 2.10. The molecule has 1 saturated heterocycles. The van der Waals surface area contributed by atoms with Crippen molar-refractivity contribution >= 4 is 45.4 Å². The highest BCUT2D eigenvalue weighted by atomic mass is 32.1. The van der Waals surface area contributed by atoms with Crippen LogP contribution in [0, 0.1) is 10.1 Å². The molecular weight excluding hydrogens is 538 g/mol. The van der Waals surface area contributed by atoms with Crippen molar-refractivity contribution in [2.75, 3.05) is 11.9 Å². The van der Waals surface area contributed by atoms with Crippen molar-refractivity contribution in [2.45, 2.75) is 18.5 Å². The fourth-order valence-corrected chi connectivity index (χ4v) is 5.50. The van der Waals surface area contributed by atoms with E-state index in [0.29, 0.717) is 28.7 Å². The highest BCUT2D eigenvalue weighted by Gasteiger charge is 2.41. The molecule has 6 rings (SSSR count). The number of thiocarbonyl (C=S) groups is 1. The molecule has 1 aliphatic heterocycles. The lowest BCUT2D eigenvalue weighted by Crippen LogP contribution is -2.32. The third kappa shape index (κ3) is 5.37. The van der Waals surface area contributed by atoms with E-state index in [1.54, 1.807) is 24.4 Å². The van der Waals surface area contributed by atoms with Crippen molar-refractivity contribution in [1.29, 1.82) is 0 Å². The average molecular weight is 564 g/mol. The lowest BCUT2D eigenvalue weighted by atomic mass is 10.0. The van der Waals surface area contributed by atoms with E-state index in [9.17, 15) is 14.9 Å². The number of hydrogen-bond acceptors (Lipinski definition) is 6. The number of benzene rings is 3. The molecule has 204 valence electrons. The molecule has 0 bridgehead atoms. The first-order valence-electron chi connectivity index (χ1n) is 13.1. The van der Waals surface area contributed by atoms with Gasteiger partial charge in [0.05, 0.1) is 16.7 Å². The third-order valence-corrected chi connectivity index (χ3v) is 7.45. The Morgan fingerprint density at radius 3 is 2.66 bits per heavy atom. The zero-order valence-corrected chi connectivity index (χ0v) is 22.6. The van der Waals surface area contributed by atoms with Crippen LogP contribution in [0.25, 0.3) is 22.1 Å². The van der Waals surface area contributed by atoms with Gasteiger partial charge in [-0.1, -0.05) is 54.6 Å². The minimum absolute atomic E-state index is 0.0191. The van der Waals surface area contributed by atoms with Crippen LogP contribution < -0.4 is 10.6 Å². The first-order chi connectivity index (χ1) is 20.0. The molecule has 41 heavy (non-hydrogen) atoms. The van der Waals surface area contributed by atoms with Gasteiger partial charge in [-0.15, -0.1) is 0 Å². The summed E-state index contributed by atoms with van der Waals surface area (Å²) >= 11 is 5.72. The van der Waals surface area contributed by atoms with Gasteiger partial charge in [0.1, 0.15) is 17.6 Å². The summed E-state index contributed by atoms with van der Waals surface area (Å²) in [6, 6.07) is 28.6. The molecule has 10 heteroatoms. The summed E-state index contributed by atoms with van der Waals surface area (Å²) in [6.07, 6.45) is 1.91. The standard InChI is InChI=1S/C31H25N5O4S/c37-28(33-24-13-6-8-20-7-1-2-11-23(20)24)16-18-35-30(29(34-31(35)41)25-12-3-4-17-32-25)27-15-14-26(40-27)21-9-5-10-22(19-21)36(38)39/h1-15,17,19,29-30H,16,18H2,(H,33,37)(H,34,41)/t29-,30+/m1/s1. The molecule has 1 aliphatic rings. The van der Waals surface area contributed by atoms with Gasteiger partial charge < -0.3 is 20.0 Å². The molecule has 1 amide bonds. The summed E-state index contributed by atoms with van der Waals surface area (Å²) in [5, 5.41) is 20.2. The molecule has 1 fully saturated rings. The maximum atomic E-state index is 13.1. The summed E-state index contributed by atoms with van der Waals surface area (Å²) in [7, 11) is 0. The predicted octanol–water partition coefficient (Wildman–Crippen LogP) is 6.40. The van der Waals surface area contributed by atoms with Crippen molar-refractivity contribution in [3.8, 4) is 11.3 Å². The second-order valence-electron chi connectivity index (χ2n) is 9.65. The van der Waals surface area contributed by atoms with Crippen LogP contribution in [0.1, 0.15) is 30.0 Å². The third-order valence-electron chi connectivity index (χ3n) is 7.10. The molecule has 0 spiro atoms. The Hall–Kier alpha value is -5.09. The molecular formula is C31H25N5O4S. The molecule has 0 unspecified atom stereocenters. The second-order valence-corrected chi connectivity index (χ2v) is 10.0. The molecule has 0 aliphatic carbocycles. The fourth-order valence-electron chi connectivity index (χ4n) is 5.16. The average Bonchev–Trinajstić information content (AvgIpc) is 3.61. The number of furan rings is 1. The molecule has 0 radical (unpaired) electrons. The molecule has 2 N–H and O–H groups in total. The number of anilines is 1. The normalized spacial score (nSPS) is 16.5. The van der Waals surface area contributed by atoms with E-state index in [0.717, 1.165) is 22.2 Å². The molecule has 3 heterocycles. The number of rotatable bonds is 8. The first-order valence-corrected chi connectivity index (χ1v) is 13.5. The number of carbonyl (C=O) groups excluding carboxylic acids is 1. The van der Waals surface area contributed by atoms with Gasteiger partial charge in [0, 0.05) is 47.9 Å². The van der Waals surface area contributed by atoms with Crippen LogP contribution in [0.4, 0.5) is 11.4 Å². The van der Waals surface area contributed by atoms with E-state index < -0.39 is 11.0 Å². The van der Waals surface area contributed by atoms with Gasteiger partial charge >= 0.3 is 0 Å². The van der Waals surface area contributed by atoms with Crippen LogP contribution in [-0.4, -0.2) is 32.4 Å². The number of non-ortho nitro benzene ring substituents is 1. The summed E-state index contributed by atoms with van der Waals surface area (Å²) < 4.78 is 6.28. The van der Waals surface area contributed by atoms with E-state index in [1.807, 2.05) is 71.6 Å². The van der Waals surface area contributed by atoms with Gasteiger partial charge in [-0.2, -0.15) is 0 Å². The van der Waals surface area contributed by atoms with Gasteiger partial charge in [-0.3, -0.25) is 19.9 Å². The van der Waals surface area contributed by atoms with Gasteiger partial charge in [0.25, 0.3) is 5.69 Å². The number of fused-ring (bicyclic) bond motifs is 1. The molecule has 2 aromatic heterocycles. The van der Waals surface area contributed by atoms with Crippen LogP contribution in [-0.2, 0) is 4.79 Å². The Labute approximate surface area is 241 Å². The van der Waals surface area contributed by atoms with Crippen LogP contribution in [0.5, 0.6) is 0 Å². The topological polar surface area (TPSA) is 114 Å². The number of aromatic nitrogens is 1. The number of nitro groups is 1. The van der Waals surface area contributed by atoms with Crippen LogP contribution in [0.15, 0.2) is 108 Å². The van der Waals surface area contributed by atoms with Crippen molar-refractivity contribution in [2.24, 2.45) is 0 Å². The van der Waals surface area contributed by atoms with Crippen LogP contribution in [0.3, 0.4) is 0 Å². The maximum Gasteiger partial charge on any atom is 0.270 e. The Balaban J connectivity index is 1.26. The van der Waals surface area contributed by atoms with Crippen molar-refractivity contribution in [1.82, 2.24) is 15.2 Å². The highest BCUT2D eigenvalue weighted by Crippen LogP contribution is 2.40. The Bertz CT molecular complexity index is 1750. The van der Waals surface area contributed by atoms with Crippen molar-refractivity contribution in [3.05, 3.63) is 125 Å². The van der Waals surface area contributed by atoms with E-state index in [4.69, 9.17) is 16.6 Å². The lowest BCUT2D eigenvalue weighted by molar-refractivity contribution is -0.384. The van der Waals surface area contributed by atoms with Gasteiger partial charge in [-0.25, -0.2) is 0 Å². The zero-order chi connectivity index (χ0) is 28.3. The SMILES string of the molecule is O=C(CCN1C(=S)N[C@H](c2ccccn2)[C@@H]1c1ccc(-c2cccc([N+](=O)[O-])c2)o1)Nc1cccc2ccccc12.